The number of rotatable bonds is 3. The van der Waals surface area contributed by atoms with Crippen LogP contribution in [-0.4, -0.2) is 40.0 Å². The van der Waals surface area contributed by atoms with Crippen LogP contribution in [-0.2, 0) is 13.6 Å². The first-order chi connectivity index (χ1) is 8.55. The van der Waals surface area contributed by atoms with Crippen LogP contribution in [0.15, 0.2) is 10.9 Å². The third-order valence-corrected chi connectivity index (χ3v) is 2.61. The molecule has 1 atom stereocenters. The van der Waals surface area contributed by atoms with Crippen LogP contribution < -0.4 is 5.43 Å². The van der Waals surface area contributed by atoms with Crippen molar-refractivity contribution < 1.29 is 23.4 Å². The molecule has 1 heterocycles. The Morgan fingerprint density at radius 2 is 1.95 bits per heavy atom. The van der Waals surface area contributed by atoms with Gasteiger partial charge in [-0.2, -0.15) is 13.2 Å². The van der Waals surface area contributed by atoms with Gasteiger partial charge in [-0.1, -0.05) is 0 Å². The molecule has 0 spiro atoms. The number of aromatic nitrogens is 1. The summed E-state index contributed by atoms with van der Waals surface area (Å²) in [6.07, 6.45) is -7.87. The molecule has 0 fully saturated rings. The minimum Gasteiger partial charge on any atom is -0.503 e. The van der Waals surface area contributed by atoms with Gasteiger partial charge in [-0.05, 0) is 14.1 Å². The molecule has 0 amide bonds. The zero-order valence-corrected chi connectivity index (χ0v) is 10.7. The van der Waals surface area contributed by atoms with E-state index in [2.05, 4.69) is 0 Å². The van der Waals surface area contributed by atoms with Crippen molar-refractivity contribution in [2.24, 2.45) is 7.05 Å². The summed E-state index contributed by atoms with van der Waals surface area (Å²) >= 11 is 0. The molecule has 0 aliphatic carbocycles. The van der Waals surface area contributed by atoms with Gasteiger partial charge in [-0.25, -0.2) is 0 Å². The fourth-order valence-electron chi connectivity index (χ4n) is 1.70. The van der Waals surface area contributed by atoms with Gasteiger partial charge in [0.1, 0.15) is 5.69 Å². The fourth-order valence-corrected chi connectivity index (χ4v) is 1.70. The zero-order chi connectivity index (χ0) is 15.0. The highest BCUT2D eigenvalue weighted by molar-refractivity contribution is 5.32. The lowest BCUT2D eigenvalue weighted by atomic mass is 10.1. The summed E-state index contributed by atoms with van der Waals surface area (Å²) < 4.78 is 38.6. The van der Waals surface area contributed by atoms with Crippen molar-refractivity contribution in [3.8, 4) is 5.75 Å². The Bertz CT molecular complexity index is 523. The van der Waals surface area contributed by atoms with E-state index in [1.54, 1.807) is 19.0 Å². The van der Waals surface area contributed by atoms with Gasteiger partial charge in [0, 0.05) is 25.4 Å². The molecule has 0 aliphatic heterocycles. The first kappa shape index (κ1) is 15.5. The van der Waals surface area contributed by atoms with Crippen molar-refractivity contribution in [1.29, 1.82) is 0 Å². The molecule has 0 aromatic carbocycles. The van der Waals surface area contributed by atoms with Crippen LogP contribution >= 0.6 is 0 Å². The molecule has 19 heavy (non-hydrogen) atoms. The van der Waals surface area contributed by atoms with E-state index in [4.69, 9.17) is 0 Å². The largest absolute Gasteiger partial charge is 0.503 e. The van der Waals surface area contributed by atoms with Gasteiger partial charge in [0.2, 0.25) is 5.43 Å². The Kier molecular flexibility index (Phi) is 4.26. The number of hydrogen-bond donors (Lipinski definition) is 2. The molecule has 5 nitrogen and oxygen atoms in total. The van der Waals surface area contributed by atoms with Crippen LogP contribution in [0.1, 0.15) is 17.5 Å². The topological polar surface area (TPSA) is 65.7 Å². The zero-order valence-electron chi connectivity index (χ0n) is 10.7. The molecular weight excluding hydrogens is 265 g/mol. The summed E-state index contributed by atoms with van der Waals surface area (Å²) in [6.45, 7) is 0.198. The van der Waals surface area contributed by atoms with Crippen molar-refractivity contribution in [2.45, 2.75) is 18.8 Å². The SMILES string of the molecule is CN(C)Cc1cc(=O)c(O)c(C(O)C(F)(F)F)n1C. The summed E-state index contributed by atoms with van der Waals surface area (Å²) in [7, 11) is 4.61. The molecule has 0 saturated heterocycles. The minimum absolute atomic E-state index is 0.198. The standard InChI is InChI=1S/C11H15F3N2O3/c1-15(2)5-6-4-7(17)9(18)8(16(6)3)10(19)11(12,13)14/h4,10,18-19H,5H2,1-3H3. The molecule has 1 rings (SSSR count). The van der Waals surface area contributed by atoms with E-state index >= 15 is 0 Å². The van der Waals surface area contributed by atoms with Crippen molar-refractivity contribution in [2.75, 3.05) is 14.1 Å². The van der Waals surface area contributed by atoms with E-state index in [1.165, 1.54) is 7.05 Å². The summed E-state index contributed by atoms with van der Waals surface area (Å²) in [5.41, 5.74) is -1.55. The maximum Gasteiger partial charge on any atom is 0.420 e. The Balaban J connectivity index is 3.46. The Morgan fingerprint density at radius 1 is 1.42 bits per heavy atom. The number of halogens is 3. The highest BCUT2D eigenvalue weighted by Gasteiger charge is 2.42. The van der Waals surface area contributed by atoms with E-state index in [1.807, 2.05) is 0 Å². The number of pyridine rings is 1. The molecule has 1 aromatic rings. The average molecular weight is 280 g/mol. The van der Waals surface area contributed by atoms with Gasteiger partial charge < -0.3 is 19.7 Å². The predicted octanol–water partition coefficient (Wildman–Crippen LogP) is 0.748. The smallest absolute Gasteiger partial charge is 0.420 e. The third kappa shape index (κ3) is 3.27. The molecule has 0 aliphatic rings. The van der Waals surface area contributed by atoms with Crippen LogP contribution in [0.5, 0.6) is 5.75 Å². The number of aromatic hydroxyl groups is 1. The molecular formula is C11H15F3N2O3. The average Bonchev–Trinajstić information content (AvgIpc) is 2.24. The Morgan fingerprint density at radius 3 is 2.37 bits per heavy atom. The Labute approximate surface area is 107 Å². The Hall–Kier alpha value is -1.54. The van der Waals surface area contributed by atoms with Gasteiger partial charge in [0.05, 0.1) is 0 Å². The molecule has 0 saturated carbocycles. The van der Waals surface area contributed by atoms with Crippen LogP contribution in [0, 0.1) is 0 Å². The molecule has 108 valence electrons. The predicted molar refractivity (Wildman–Crippen MR) is 61.8 cm³/mol. The number of aliphatic hydroxyl groups excluding tert-OH is 1. The van der Waals surface area contributed by atoms with Crippen molar-refractivity contribution in [3.05, 3.63) is 27.7 Å². The highest BCUT2D eigenvalue weighted by atomic mass is 19.4. The monoisotopic (exact) mass is 280 g/mol. The maximum atomic E-state index is 12.5. The summed E-state index contributed by atoms with van der Waals surface area (Å²) in [6, 6.07) is 1.04. The molecule has 2 N–H and O–H groups in total. The van der Waals surface area contributed by atoms with Gasteiger partial charge in [0.15, 0.2) is 11.9 Å². The molecule has 1 aromatic heterocycles. The van der Waals surface area contributed by atoms with E-state index in [0.29, 0.717) is 0 Å². The van der Waals surface area contributed by atoms with Crippen molar-refractivity contribution in [3.63, 3.8) is 0 Å². The molecule has 0 bridgehead atoms. The summed E-state index contributed by atoms with van der Waals surface area (Å²) in [4.78, 5) is 13.1. The van der Waals surface area contributed by atoms with E-state index < -0.39 is 29.2 Å². The fraction of sp³-hybridized carbons (Fsp3) is 0.545. The minimum atomic E-state index is -4.96. The van der Waals surface area contributed by atoms with E-state index in [9.17, 15) is 28.2 Å². The second kappa shape index (κ2) is 5.22. The van der Waals surface area contributed by atoms with Gasteiger partial charge in [0.25, 0.3) is 0 Å². The molecule has 1 unspecified atom stereocenters. The number of nitrogens with zero attached hydrogens (tertiary/aromatic N) is 2. The number of aliphatic hydroxyl groups is 1. The van der Waals surface area contributed by atoms with Crippen molar-refractivity contribution in [1.82, 2.24) is 9.47 Å². The van der Waals surface area contributed by atoms with E-state index in [0.717, 1.165) is 10.6 Å². The lowest BCUT2D eigenvalue weighted by molar-refractivity contribution is -0.209. The van der Waals surface area contributed by atoms with Crippen LogP contribution in [0.3, 0.4) is 0 Å². The highest BCUT2D eigenvalue weighted by Crippen LogP contribution is 2.35. The number of hydrogen-bond acceptors (Lipinski definition) is 4. The van der Waals surface area contributed by atoms with Crippen LogP contribution in [0.25, 0.3) is 0 Å². The molecule has 8 heteroatoms. The quantitative estimate of drug-likeness (QED) is 0.857. The van der Waals surface area contributed by atoms with Crippen molar-refractivity contribution >= 4 is 0 Å². The molecule has 0 radical (unpaired) electrons. The summed E-state index contributed by atoms with van der Waals surface area (Å²) in [5.74, 6) is -1.09. The van der Waals surface area contributed by atoms with Crippen LogP contribution in [0.4, 0.5) is 13.2 Å². The second-order valence-electron chi connectivity index (χ2n) is 4.47. The first-order valence-corrected chi connectivity index (χ1v) is 5.37. The summed E-state index contributed by atoms with van der Waals surface area (Å²) in [5, 5.41) is 18.7. The third-order valence-electron chi connectivity index (χ3n) is 2.61. The number of alkyl halides is 3. The van der Waals surface area contributed by atoms with Gasteiger partial charge >= 0.3 is 6.18 Å². The van der Waals surface area contributed by atoms with Gasteiger partial charge in [-0.3, -0.25) is 4.79 Å². The normalized spacial score (nSPS) is 13.9. The van der Waals surface area contributed by atoms with Crippen LogP contribution in [0.2, 0.25) is 0 Å². The lowest BCUT2D eigenvalue weighted by Crippen LogP contribution is -2.28. The second-order valence-corrected chi connectivity index (χ2v) is 4.47. The van der Waals surface area contributed by atoms with Gasteiger partial charge in [-0.15, -0.1) is 0 Å². The van der Waals surface area contributed by atoms with E-state index in [-0.39, 0.29) is 12.2 Å². The maximum absolute atomic E-state index is 12.5. The lowest BCUT2D eigenvalue weighted by Gasteiger charge is -2.22. The first-order valence-electron chi connectivity index (χ1n) is 5.37.